The van der Waals surface area contributed by atoms with Crippen molar-refractivity contribution in [3.63, 3.8) is 0 Å². The fourth-order valence-electron chi connectivity index (χ4n) is 2.34. The molecule has 0 amide bonds. The molecule has 0 spiro atoms. The van der Waals surface area contributed by atoms with Crippen LogP contribution in [0.4, 0.5) is 0 Å². The minimum atomic E-state index is -3.65. The average Bonchev–Trinajstić information content (AvgIpc) is 2.66. The largest absolute Gasteiger partial charge is 0.492 e. The van der Waals surface area contributed by atoms with Crippen LogP contribution in [0.1, 0.15) is 12.5 Å². The predicted octanol–water partition coefficient (Wildman–Crippen LogP) is 2.13. The van der Waals surface area contributed by atoms with Crippen LogP contribution in [0.3, 0.4) is 0 Å². The molecule has 0 unspecified atom stereocenters. The van der Waals surface area contributed by atoms with E-state index in [1.807, 2.05) is 37.3 Å². The van der Waals surface area contributed by atoms with Gasteiger partial charge in [-0.05, 0) is 43.2 Å². The highest BCUT2D eigenvalue weighted by molar-refractivity contribution is 14.0. The van der Waals surface area contributed by atoms with Gasteiger partial charge in [-0.25, -0.2) is 13.6 Å². The van der Waals surface area contributed by atoms with Gasteiger partial charge in [0, 0.05) is 13.1 Å². The van der Waals surface area contributed by atoms with E-state index in [1.165, 1.54) is 12.1 Å². The van der Waals surface area contributed by atoms with Crippen molar-refractivity contribution in [2.45, 2.75) is 18.2 Å². The van der Waals surface area contributed by atoms with Crippen LogP contribution in [-0.2, 0) is 16.4 Å². The van der Waals surface area contributed by atoms with Crippen LogP contribution >= 0.6 is 24.0 Å². The van der Waals surface area contributed by atoms with Gasteiger partial charge in [-0.3, -0.25) is 4.99 Å². The monoisotopic (exact) mass is 518 g/mol. The van der Waals surface area contributed by atoms with Crippen molar-refractivity contribution >= 4 is 40.0 Å². The van der Waals surface area contributed by atoms with Gasteiger partial charge in [0.05, 0.1) is 11.4 Å². The Hall–Kier alpha value is -1.85. The molecule has 7 nitrogen and oxygen atoms in total. The molecular formula is C19H27IN4O3S. The zero-order chi connectivity index (χ0) is 19.5. The molecule has 154 valence electrons. The molecule has 0 saturated heterocycles. The number of primary sulfonamides is 1. The van der Waals surface area contributed by atoms with Gasteiger partial charge in [0.25, 0.3) is 0 Å². The molecule has 9 heteroatoms. The second kappa shape index (κ2) is 12.6. The SMILES string of the molecule is CCNC(=NCCc1ccc(S(N)(=O)=O)cc1)NCCOc1ccccc1.I. The van der Waals surface area contributed by atoms with E-state index in [1.54, 1.807) is 12.1 Å². The fourth-order valence-corrected chi connectivity index (χ4v) is 2.85. The number of halogens is 1. The highest BCUT2D eigenvalue weighted by Gasteiger charge is 2.06. The smallest absolute Gasteiger partial charge is 0.238 e. The number of ether oxygens (including phenoxy) is 1. The molecule has 4 N–H and O–H groups in total. The highest BCUT2D eigenvalue weighted by atomic mass is 127. The number of sulfonamides is 1. The molecule has 0 aliphatic heterocycles. The molecule has 0 radical (unpaired) electrons. The highest BCUT2D eigenvalue weighted by Crippen LogP contribution is 2.09. The van der Waals surface area contributed by atoms with Gasteiger partial charge in [0.15, 0.2) is 5.96 Å². The summed E-state index contributed by atoms with van der Waals surface area (Å²) in [6, 6.07) is 16.2. The van der Waals surface area contributed by atoms with Crippen molar-refractivity contribution in [3.8, 4) is 5.75 Å². The van der Waals surface area contributed by atoms with Crippen LogP contribution in [0.5, 0.6) is 5.75 Å². The molecule has 2 aromatic carbocycles. The summed E-state index contributed by atoms with van der Waals surface area (Å²) in [5.41, 5.74) is 0.995. The van der Waals surface area contributed by atoms with Crippen molar-refractivity contribution < 1.29 is 13.2 Å². The zero-order valence-corrected chi connectivity index (χ0v) is 18.9. The molecule has 0 fully saturated rings. The van der Waals surface area contributed by atoms with E-state index in [-0.39, 0.29) is 28.9 Å². The first kappa shape index (κ1) is 24.2. The molecule has 0 saturated carbocycles. The van der Waals surface area contributed by atoms with E-state index in [2.05, 4.69) is 15.6 Å². The summed E-state index contributed by atoms with van der Waals surface area (Å²) in [6.45, 7) is 4.49. The van der Waals surface area contributed by atoms with Crippen LogP contribution in [-0.4, -0.2) is 40.6 Å². The van der Waals surface area contributed by atoms with E-state index < -0.39 is 10.0 Å². The molecule has 0 aliphatic carbocycles. The predicted molar refractivity (Wildman–Crippen MR) is 123 cm³/mol. The third-order valence-corrected chi connectivity index (χ3v) is 4.60. The first-order valence-corrected chi connectivity index (χ1v) is 10.4. The number of hydrogen-bond acceptors (Lipinski definition) is 4. The van der Waals surface area contributed by atoms with Gasteiger partial charge < -0.3 is 15.4 Å². The minimum absolute atomic E-state index is 0. The van der Waals surface area contributed by atoms with Crippen LogP contribution < -0.4 is 20.5 Å². The van der Waals surface area contributed by atoms with Crippen LogP contribution in [0.25, 0.3) is 0 Å². The molecule has 0 atom stereocenters. The number of nitrogens with zero attached hydrogens (tertiary/aromatic N) is 1. The maximum atomic E-state index is 11.3. The number of aliphatic imine (C=N–C) groups is 1. The van der Waals surface area contributed by atoms with Gasteiger partial charge in [-0.1, -0.05) is 30.3 Å². The lowest BCUT2D eigenvalue weighted by atomic mass is 10.1. The van der Waals surface area contributed by atoms with E-state index in [0.29, 0.717) is 26.1 Å². The van der Waals surface area contributed by atoms with Crippen LogP contribution in [0.2, 0.25) is 0 Å². The lowest BCUT2D eigenvalue weighted by Crippen LogP contribution is -2.39. The number of rotatable bonds is 9. The first-order valence-electron chi connectivity index (χ1n) is 8.81. The van der Waals surface area contributed by atoms with Gasteiger partial charge in [-0.15, -0.1) is 24.0 Å². The summed E-state index contributed by atoms with van der Waals surface area (Å²) in [5.74, 6) is 1.56. The maximum absolute atomic E-state index is 11.3. The normalized spacial score (nSPS) is 11.4. The quantitative estimate of drug-likeness (QED) is 0.204. The van der Waals surface area contributed by atoms with E-state index in [9.17, 15) is 8.42 Å². The second-order valence-electron chi connectivity index (χ2n) is 5.79. The van der Waals surface area contributed by atoms with Crippen LogP contribution in [0.15, 0.2) is 64.5 Å². The summed E-state index contributed by atoms with van der Waals surface area (Å²) in [4.78, 5) is 4.63. The fraction of sp³-hybridized carbons (Fsp3) is 0.316. The Morgan fingerprint density at radius 1 is 1.07 bits per heavy atom. The number of nitrogens with two attached hydrogens (primary N) is 1. The van der Waals surface area contributed by atoms with E-state index in [4.69, 9.17) is 9.88 Å². The molecule has 0 aromatic heterocycles. The Balaban J connectivity index is 0.00000392. The summed E-state index contributed by atoms with van der Waals surface area (Å²) in [7, 11) is -3.65. The molecule has 2 aromatic rings. The van der Waals surface area contributed by atoms with Gasteiger partial charge in [-0.2, -0.15) is 0 Å². The minimum Gasteiger partial charge on any atom is -0.492 e. The Bertz CT molecular complexity index is 828. The van der Waals surface area contributed by atoms with Gasteiger partial charge in [0.1, 0.15) is 12.4 Å². The Morgan fingerprint density at radius 3 is 2.36 bits per heavy atom. The van der Waals surface area contributed by atoms with Crippen molar-refractivity contribution in [1.29, 1.82) is 0 Å². The van der Waals surface area contributed by atoms with E-state index >= 15 is 0 Å². The molecule has 0 aliphatic rings. The number of guanidine groups is 1. The summed E-state index contributed by atoms with van der Waals surface area (Å²) >= 11 is 0. The number of nitrogens with one attached hydrogen (secondary N) is 2. The summed E-state index contributed by atoms with van der Waals surface area (Å²) in [6.07, 6.45) is 0.696. The lowest BCUT2D eigenvalue weighted by molar-refractivity contribution is 0.322. The number of benzene rings is 2. The Morgan fingerprint density at radius 2 is 1.75 bits per heavy atom. The Labute approximate surface area is 183 Å². The molecular weight excluding hydrogens is 491 g/mol. The van der Waals surface area contributed by atoms with Gasteiger partial charge in [0.2, 0.25) is 10.0 Å². The first-order chi connectivity index (χ1) is 13.0. The molecule has 0 heterocycles. The van der Waals surface area contributed by atoms with Crippen molar-refractivity contribution in [2.24, 2.45) is 10.1 Å². The number of para-hydroxylation sites is 1. The average molecular weight is 518 g/mol. The lowest BCUT2D eigenvalue weighted by Gasteiger charge is -2.12. The maximum Gasteiger partial charge on any atom is 0.238 e. The summed E-state index contributed by atoms with van der Waals surface area (Å²) in [5, 5.41) is 11.5. The third-order valence-electron chi connectivity index (χ3n) is 3.67. The summed E-state index contributed by atoms with van der Waals surface area (Å²) < 4.78 is 28.2. The second-order valence-corrected chi connectivity index (χ2v) is 7.35. The molecule has 2 rings (SSSR count). The third kappa shape index (κ3) is 8.89. The molecule has 28 heavy (non-hydrogen) atoms. The zero-order valence-electron chi connectivity index (χ0n) is 15.8. The number of hydrogen-bond donors (Lipinski definition) is 3. The molecule has 0 bridgehead atoms. The van der Waals surface area contributed by atoms with Crippen molar-refractivity contribution in [1.82, 2.24) is 10.6 Å². The Kier molecular flexibility index (Phi) is 10.9. The topological polar surface area (TPSA) is 106 Å². The van der Waals surface area contributed by atoms with Crippen LogP contribution in [0, 0.1) is 0 Å². The standard InChI is InChI=1S/C19H26N4O3S.HI/c1-2-21-19(23-14-15-26-17-6-4-3-5-7-17)22-13-12-16-8-10-18(11-9-16)27(20,24)25;/h3-11H,2,12-15H2,1H3,(H2,20,24,25)(H2,21,22,23);1H. The van der Waals surface area contributed by atoms with Crippen molar-refractivity contribution in [2.75, 3.05) is 26.2 Å². The van der Waals surface area contributed by atoms with Gasteiger partial charge >= 0.3 is 0 Å². The van der Waals surface area contributed by atoms with E-state index in [0.717, 1.165) is 23.8 Å². The van der Waals surface area contributed by atoms with Crippen molar-refractivity contribution in [3.05, 3.63) is 60.2 Å².